The number of aromatic nitrogens is 1. The Morgan fingerprint density at radius 2 is 2.10 bits per heavy atom. The van der Waals surface area contributed by atoms with Gasteiger partial charge in [-0.15, -0.1) is 11.3 Å². The molecule has 0 amide bonds. The first kappa shape index (κ1) is 12.2. The van der Waals surface area contributed by atoms with E-state index in [2.05, 4.69) is 35.6 Å². The molecule has 0 saturated carbocycles. The van der Waals surface area contributed by atoms with Gasteiger partial charge in [0.1, 0.15) is 5.01 Å². The van der Waals surface area contributed by atoms with Crippen molar-refractivity contribution in [2.45, 2.75) is 12.3 Å². The minimum Gasteiger partial charge on any atom is -0.385 e. The summed E-state index contributed by atoms with van der Waals surface area (Å²) >= 11 is 7.83. The first-order valence-corrected chi connectivity index (χ1v) is 7.89. The summed E-state index contributed by atoms with van der Waals surface area (Å²) < 4.78 is 1.21. The van der Waals surface area contributed by atoms with Gasteiger partial charge >= 0.3 is 0 Å². The Kier molecular flexibility index (Phi) is 2.90. The van der Waals surface area contributed by atoms with Crippen LogP contribution in [-0.2, 0) is 0 Å². The van der Waals surface area contributed by atoms with Gasteiger partial charge in [0.15, 0.2) is 0 Å². The molecule has 1 atom stereocenters. The van der Waals surface area contributed by atoms with Crippen LogP contribution in [0.25, 0.3) is 10.2 Å². The molecule has 1 unspecified atom stereocenters. The number of rotatable bonds is 1. The van der Waals surface area contributed by atoms with E-state index in [1.54, 1.807) is 11.3 Å². The summed E-state index contributed by atoms with van der Waals surface area (Å²) in [7, 11) is 0. The third-order valence-electron chi connectivity index (χ3n) is 3.75. The molecule has 2 heterocycles. The Balaban J connectivity index is 1.84. The summed E-state index contributed by atoms with van der Waals surface area (Å²) in [5, 5.41) is 5.40. The highest BCUT2D eigenvalue weighted by atomic mass is 35.5. The maximum Gasteiger partial charge on any atom is 0.101 e. The maximum atomic E-state index is 6.05. The van der Waals surface area contributed by atoms with Crippen LogP contribution >= 0.6 is 22.9 Å². The summed E-state index contributed by atoms with van der Waals surface area (Å²) in [4.78, 5) is 4.80. The number of nitrogens with zero attached hydrogens (tertiary/aromatic N) is 1. The van der Waals surface area contributed by atoms with E-state index in [0.717, 1.165) is 23.5 Å². The minimum absolute atomic E-state index is 0.392. The molecular formula is C16H13ClN2S. The molecule has 2 aromatic carbocycles. The molecule has 3 aromatic rings. The largest absolute Gasteiger partial charge is 0.385 e. The first-order chi connectivity index (χ1) is 9.81. The number of thiazole rings is 1. The molecule has 4 heteroatoms. The summed E-state index contributed by atoms with van der Waals surface area (Å²) in [6.45, 7) is 0.998. The molecule has 0 spiro atoms. The Bertz CT molecular complexity index is 781. The highest BCUT2D eigenvalue weighted by molar-refractivity contribution is 7.18. The number of nitrogens with one attached hydrogen (secondary N) is 1. The van der Waals surface area contributed by atoms with Crippen molar-refractivity contribution >= 4 is 38.8 Å². The van der Waals surface area contributed by atoms with E-state index in [1.165, 1.54) is 21.0 Å². The molecule has 0 aliphatic carbocycles. The van der Waals surface area contributed by atoms with Crippen LogP contribution in [0.5, 0.6) is 0 Å². The van der Waals surface area contributed by atoms with E-state index in [4.69, 9.17) is 16.6 Å². The standard InChI is InChI=1S/C16H13ClN2S/c17-10-5-6-15-14(9-10)19-16(20-15)12-7-8-18-13-4-2-1-3-11(12)13/h1-6,9,12,18H,7-8H2. The second kappa shape index (κ2) is 4.76. The van der Waals surface area contributed by atoms with Crippen molar-refractivity contribution < 1.29 is 0 Å². The van der Waals surface area contributed by atoms with Crippen molar-refractivity contribution in [2.75, 3.05) is 11.9 Å². The van der Waals surface area contributed by atoms with Crippen LogP contribution in [0.4, 0.5) is 5.69 Å². The molecule has 2 nitrogen and oxygen atoms in total. The van der Waals surface area contributed by atoms with Crippen LogP contribution in [0.1, 0.15) is 22.9 Å². The average Bonchev–Trinajstić information content (AvgIpc) is 2.89. The van der Waals surface area contributed by atoms with Gasteiger partial charge < -0.3 is 5.32 Å². The Morgan fingerprint density at radius 1 is 1.20 bits per heavy atom. The van der Waals surface area contributed by atoms with Crippen LogP contribution in [0.3, 0.4) is 0 Å². The van der Waals surface area contributed by atoms with E-state index in [9.17, 15) is 0 Å². The van der Waals surface area contributed by atoms with Gasteiger partial charge in [0, 0.05) is 23.2 Å². The van der Waals surface area contributed by atoms with Gasteiger partial charge in [-0.25, -0.2) is 4.98 Å². The number of fused-ring (bicyclic) bond motifs is 2. The zero-order valence-corrected chi connectivity index (χ0v) is 12.3. The second-order valence-corrected chi connectivity index (χ2v) is 6.52. The highest BCUT2D eigenvalue weighted by Crippen LogP contribution is 2.39. The van der Waals surface area contributed by atoms with E-state index in [0.29, 0.717) is 5.92 Å². The quantitative estimate of drug-likeness (QED) is 0.691. The van der Waals surface area contributed by atoms with Crippen LogP contribution in [0.15, 0.2) is 42.5 Å². The fraction of sp³-hybridized carbons (Fsp3) is 0.188. The summed E-state index contributed by atoms with van der Waals surface area (Å²) in [6.07, 6.45) is 1.09. The van der Waals surface area contributed by atoms with Gasteiger partial charge in [-0.2, -0.15) is 0 Å². The third kappa shape index (κ3) is 1.98. The van der Waals surface area contributed by atoms with E-state index >= 15 is 0 Å². The van der Waals surface area contributed by atoms with Crippen molar-refractivity contribution in [1.82, 2.24) is 4.98 Å². The van der Waals surface area contributed by atoms with Crippen molar-refractivity contribution in [2.24, 2.45) is 0 Å². The number of benzene rings is 2. The number of para-hydroxylation sites is 1. The average molecular weight is 301 g/mol. The summed E-state index contributed by atoms with van der Waals surface area (Å²) in [5.41, 5.74) is 3.60. The van der Waals surface area contributed by atoms with Crippen molar-refractivity contribution in [3.8, 4) is 0 Å². The predicted molar refractivity (Wildman–Crippen MR) is 86.0 cm³/mol. The van der Waals surface area contributed by atoms with Crippen LogP contribution < -0.4 is 5.32 Å². The fourth-order valence-electron chi connectivity index (χ4n) is 2.79. The third-order valence-corrected chi connectivity index (χ3v) is 5.13. The van der Waals surface area contributed by atoms with E-state index in [-0.39, 0.29) is 0 Å². The number of halogens is 1. The van der Waals surface area contributed by atoms with Crippen LogP contribution in [-0.4, -0.2) is 11.5 Å². The Labute approximate surface area is 126 Å². The highest BCUT2D eigenvalue weighted by Gasteiger charge is 2.24. The molecule has 1 aliphatic heterocycles. The molecule has 20 heavy (non-hydrogen) atoms. The van der Waals surface area contributed by atoms with Crippen LogP contribution in [0, 0.1) is 0 Å². The smallest absolute Gasteiger partial charge is 0.101 e. The predicted octanol–water partition coefficient (Wildman–Crippen LogP) is 4.90. The summed E-state index contributed by atoms with van der Waals surface area (Å²) in [5.74, 6) is 0.392. The van der Waals surface area contributed by atoms with Gasteiger partial charge in [-0.3, -0.25) is 0 Å². The SMILES string of the molecule is Clc1ccc2sc(C3CCNc4ccccc43)nc2c1. The number of anilines is 1. The molecule has 4 rings (SSSR count). The first-order valence-electron chi connectivity index (χ1n) is 6.70. The van der Waals surface area contributed by atoms with Crippen LogP contribution in [0.2, 0.25) is 5.02 Å². The van der Waals surface area contributed by atoms with Crippen molar-refractivity contribution in [3.63, 3.8) is 0 Å². The lowest BCUT2D eigenvalue weighted by Gasteiger charge is -2.25. The molecule has 0 radical (unpaired) electrons. The van der Waals surface area contributed by atoms with Crippen molar-refractivity contribution in [1.29, 1.82) is 0 Å². The van der Waals surface area contributed by atoms with Gasteiger partial charge in [-0.05, 0) is 36.2 Å². The molecule has 1 N–H and O–H groups in total. The summed E-state index contributed by atoms with van der Waals surface area (Å²) in [6, 6.07) is 14.5. The maximum absolute atomic E-state index is 6.05. The molecule has 0 bridgehead atoms. The lowest BCUT2D eigenvalue weighted by molar-refractivity contribution is 0.716. The fourth-order valence-corrected chi connectivity index (χ4v) is 4.06. The normalized spacial score (nSPS) is 17.8. The molecule has 0 saturated heterocycles. The zero-order valence-electron chi connectivity index (χ0n) is 10.8. The van der Waals surface area contributed by atoms with Crippen molar-refractivity contribution in [3.05, 3.63) is 58.1 Å². The number of hydrogen-bond donors (Lipinski definition) is 1. The number of hydrogen-bond acceptors (Lipinski definition) is 3. The lowest BCUT2D eigenvalue weighted by atomic mass is 9.91. The minimum atomic E-state index is 0.392. The topological polar surface area (TPSA) is 24.9 Å². The van der Waals surface area contributed by atoms with Gasteiger partial charge in [0.2, 0.25) is 0 Å². The zero-order chi connectivity index (χ0) is 13.5. The Morgan fingerprint density at radius 3 is 3.05 bits per heavy atom. The second-order valence-electron chi connectivity index (χ2n) is 5.02. The molecule has 1 aliphatic rings. The van der Waals surface area contributed by atoms with Gasteiger partial charge in [0.25, 0.3) is 0 Å². The van der Waals surface area contributed by atoms with E-state index in [1.807, 2.05) is 12.1 Å². The molecular weight excluding hydrogens is 288 g/mol. The van der Waals surface area contributed by atoms with E-state index < -0.39 is 0 Å². The Hall–Kier alpha value is -1.58. The molecule has 100 valence electrons. The van der Waals surface area contributed by atoms with Gasteiger partial charge in [0.05, 0.1) is 10.2 Å². The molecule has 1 aromatic heterocycles. The molecule has 0 fully saturated rings. The lowest BCUT2D eigenvalue weighted by Crippen LogP contribution is -2.17. The van der Waals surface area contributed by atoms with Gasteiger partial charge in [-0.1, -0.05) is 29.8 Å². The monoisotopic (exact) mass is 300 g/mol.